The number of nitrogens with zero attached hydrogens (tertiary/aromatic N) is 1. The number of nitrogens with two attached hydrogens (primary N) is 1. The lowest BCUT2D eigenvalue weighted by Crippen LogP contribution is -1.97. The predicted octanol–water partition coefficient (Wildman–Crippen LogP) is 1.79. The molecule has 0 aromatic heterocycles. The van der Waals surface area contributed by atoms with E-state index in [0.717, 1.165) is 12.1 Å². The molecule has 0 aliphatic carbocycles. The lowest BCUT2D eigenvalue weighted by Gasteiger charge is -1.99. The SMILES string of the molecule is CC1=Nc2ccc(CN)cc2C1. The van der Waals surface area contributed by atoms with Gasteiger partial charge in [0, 0.05) is 18.7 Å². The summed E-state index contributed by atoms with van der Waals surface area (Å²) in [6, 6.07) is 6.24. The Morgan fingerprint density at radius 3 is 3.08 bits per heavy atom. The van der Waals surface area contributed by atoms with E-state index in [4.69, 9.17) is 5.73 Å². The fourth-order valence-corrected chi connectivity index (χ4v) is 1.54. The first kappa shape index (κ1) is 7.50. The van der Waals surface area contributed by atoms with E-state index in [1.54, 1.807) is 0 Å². The molecule has 0 bridgehead atoms. The van der Waals surface area contributed by atoms with Crippen LogP contribution in [0.1, 0.15) is 18.1 Å². The molecule has 2 N–H and O–H groups in total. The van der Waals surface area contributed by atoms with Crippen LogP contribution in [0.5, 0.6) is 0 Å². The smallest absolute Gasteiger partial charge is 0.0665 e. The fraction of sp³-hybridized carbons (Fsp3) is 0.300. The molecule has 12 heavy (non-hydrogen) atoms. The van der Waals surface area contributed by atoms with Crippen molar-refractivity contribution in [2.45, 2.75) is 19.9 Å². The van der Waals surface area contributed by atoms with E-state index in [2.05, 4.69) is 18.0 Å². The van der Waals surface area contributed by atoms with Gasteiger partial charge < -0.3 is 5.73 Å². The van der Waals surface area contributed by atoms with Crippen LogP contribution in [0, 0.1) is 0 Å². The highest BCUT2D eigenvalue weighted by Gasteiger charge is 2.10. The van der Waals surface area contributed by atoms with Crippen LogP contribution < -0.4 is 5.73 Å². The maximum absolute atomic E-state index is 5.54. The van der Waals surface area contributed by atoms with Gasteiger partial charge in [-0.25, -0.2) is 0 Å². The summed E-state index contributed by atoms with van der Waals surface area (Å²) in [5, 5.41) is 0. The minimum Gasteiger partial charge on any atom is -0.326 e. The van der Waals surface area contributed by atoms with Gasteiger partial charge in [-0.2, -0.15) is 0 Å². The van der Waals surface area contributed by atoms with E-state index in [1.165, 1.54) is 16.8 Å². The van der Waals surface area contributed by atoms with Gasteiger partial charge in [-0.05, 0) is 24.1 Å². The minimum absolute atomic E-state index is 0.617. The van der Waals surface area contributed by atoms with Gasteiger partial charge in [-0.3, -0.25) is 4.99 Å². The number of hydrogen-bond acceptors (Lipinski definition) is 2. The highest BCUT2D eigenvalue weighted by Crippen LogP contribution is 2.27. The number of hydrogen-bond donors (Lipinski definition) is 1. The zero-order valence-corrected chi connectivity index (χ0v) is 7.17. The zero-order chi connectivity index (χ0) is 8.55. The summed E-state index contributed by atoms with van der Waals surface area (Å²) in [4.78, 5) is 4.40. The van der Waals surface area contributed by atoms with E-state index in [-0.39, 0.29) is 0 Å². The fourth-order valence-electron chi connectivity index (χ4n) is 1.54. The molecule has 0 saturated carbocycles. The van der Waals surface area contributed by atoms with Crippen molar-refractivity contribution in [2.75, 3.05) is 0 Å². The van der Waals surface area contributed by atoms with Crippen molar-refractivity contribution < 1.29 is 0 Å². The Morgan fingerprint density at radius 1 is 1.50 bits per heavy atom. The van der Waals surface area contributed by atoms with Gasteiger partial charge in [0.15, 0.2) is 0 Å². The van der Waals surface area contributed by atoms with Crippen molar-refractivity contribution in [1.82, 2.24) is 0 Å². The van der Waals surface area contributed by atoms with Crippen molar-refractivity contribution in [1.29, 1.82) is 0 Å². The second-order valence-corrected chi connectivity index (χ2v) is 3.19. The largest absolute Gasteiger partial charge is 0.326 e. The molecule has 1 aliphatic rings. The Bertz CT molecular complexity index is 340. The van der Waals surface area contributed by atoms with Crippen LogP contribution in [0.25, 0.3) is 0 Å². The van der Waals surface area contributed by atoms with E-state index >= 15 is 0 Å². The molecule has 0 spiro atoms. The van der Waals surface area contributed by atoms with Crippen LogP contribution in [0.4, 0.5) is 5.69 Å². The minimum atomic E-state index is 0.617. The van der Waals surface area contributed by atoms with Gasteiger partial charge in [0.05, 0.1) is 5.69 Å². The molecule has 1 aliphatic heterocycles. The summed E-state index contributed by atoms with van der Waals surface area (Å²) < 4.78 is 0. The van der Waals surface area contributed by atoms with Crippen molar-refractivity contribution in [3.05, 3.63) is 29.3 Å². The average Bonchev–Trinajstić information content (AvgIpc) is 2.43. The van der Waals surface area contributed by atoms with E-state index in [9.17, 15) is 0 Å². The molecule has 2 nitrogen and oxygen atoms in total. The molecule has 0 atom stereocenters. The van der Waals surface area contributed by atoms with Crippen molar-refractivity contribution in [2.24, 2.45) is 10.7 Å². The Hall–Kier alpha value is -1.15. The average molecular weight is 160 g/mol. The number of fused-ring (bicyclic) bond motifs is 1. The lowest BCUT2D eigenvalue weighted by molar-refractivity contribution is 1.06. The van der Waals surface area contributed by atoms with Crippen LogP contribution in [-0.2, 0) is 13.0 Å². The third kappa shape index (κ3) is 1.14. The predicted molar refractivity (Wildman–Crippen MR) is 50.8 cm³/mol. The summed E-state index contributed by atoms with van der Waals surface area (Å²) in [5.74, 6) is 0. The molecule has 1 aromatic rings. The Kier molecular flexibility index (Phi) is 1.70. The molecule has 2 rings (SSSR count). The quantitative estimate of drug-likeness (QED) is 0.668. The summed E-state index contributed by atoms with van der Waals surface area (Å²) >= 11 is 0. The van der Waals surface area contributed by atoms with Gasteiger partial charge in [0.25, 0.3) is 0 Å². The van der Waals surface area contributed by atoms with Crippen LogP contribution in [0.2, 0.25) is 0 Å². The lowest BCUT2D eigenvalue weighted by atomic mass is 10.1. The molecular weight excluding hydrogens is 148 g/mol. The number of aliphatic imine (C=N–C) groups is 1. The number of rotatable bonds is 1. The highest BCUT2D eigenvalue weighted by atomic mass is 14.8. The third-order valence-corrected chi connectivity index (χ3v) is 2.14. The van der Waals surface area contributed by atoms with Crippen LogP contribution in [0.15, 0.2) is 23.2 Å². The standard InChI is InChI=1S/C10H12N2/c1-7-4-9-5-8(6-11)2-3-10(9)12-7/h2-3,5H,4,6,11H2,1H3. The first-order valence-electron chi connectivity index (χ1n) is 4.15. The first-order chi connectivity index (χ1) is 5.79. The van der Waals surface area contributed by atoms with Gasteiger partial charge in [0.1, 0.15) is 0 Å². The van der Waals surface area contributed by atoms with E-state index in [0.29, 0.717) is 6.54 Å². The normalized spacial score (nSPS) is 14.3. The summed E-state index contributed by atoms with van der Waals surface area (Å²) in [6.45, 7) is 2.68. The van der Waals surface area contributed by atoms with Crippen molar-refractivity contribution in [3.8, 4) is 0 Å². The maximum Gasteiger partial charge on any atom is 0.0665 e. The summed E-state index contributed by atoms with van der Waals surface area (Å²) in [7, 11) is 0. The molecule has 0 amide bonds. The second-order valence-electron chi connectivity index (χ2n) is 3.19. The monoisotopic (exact) mass is 160 g/mol. The number of benzene rings is 1. The Labute approximate surface area is 72.1 Å². The zero-order valence-electron chi connectivity index (χ0n) is 7.17. The second kappa shape index (κ2) is 2.72. The third-order valence-electron chi connectivity index (χ3n) is 2.14. The molecule has 1 heterocycles. The molecule has 1 aromatic carbocycles. The van der Waals surface area contributed by atoms with Gasteiger partial charge in [-0.1, -0.05) is 12.1 Å². The maximum atomic E-state index is 5.54. The van der Waals surface area contributed by atoms with Crippen LogP contribution in [0.3, 0.4) is 0 Å². The topological polar surface area (TPSA) is 38.4 Å². The molecule has 0 unspecified atom stereocenters. The molecule has 2 heteroatoms. The van der Waals surface area contributed by atoms with Gasteiger partial charge in [-0.15, -0.1) is 0 Å². The van der Waals surface area contributed by atoms with Crippen molar-refractivity contribution >= 4 is 11.4 Å². The van der Waals surface area contributed by atoms with Crippen molar-refractivity contribution in [3.63, 3.8) is 0 Å². The summed E-state index contributed by atoms with van der Waals surface area (Å²) in [6.07, 6.45) is 0.989. The van der Waals surface area contributed by atoms with Crippen LogP contribution >= 0.6 is 0 Å². The first-order valence-corrected chi connectivity index (χ1v) is 4.15. The molecular formula is C10H12N2. The van der Waals surface area contributed by atoms with Crippen LogP contribution in [-0.4, -0.2) is 5.71 Å². The molecule has 62 valence electrons. The molecule has 0 saturated heterocycles. The van der Waals surface area contributed by atoms with Gasteiger partial charge in [0.2, 0.25) is 0 Å². The highest BCUT2D eigenvalue weighted by molar-refractivity contribution is 5.92. The Balaban J connectivity index is 2.42. The molecule has 0 fully saturated rings. The van der Waals surface area contributed by atoms with E-state index in [1.807, 2.05) is 12.1 Å². The molecule has 0 radical (unpaired) electrons. The summed E-state index contributed by atoms with van der Waals surface area (Å²) in [5.41, 5.74) is 10.4. The Morgan fingerprint density at radius 2 is 2.33 bits per heavy atom. The van der Waals surface area contributed by atoms with E-state index < -0.39 is 0 Å². The van der Waals surface area contributed by atoms with Gasteiger partial charge >= 0.3 is 0 Å².